The summed E-state index contributed by atoms with van der Waals surface area (Å²) in [6, 6.07) is 15.2. The van der Waals surface area contributed by atoms with Gasteiger partial charge in [0.1, 0.15) is 12.5 Å². The summed E-state index contributed by atoms with van der Waals surface area (Å²) in [6.45, 7) is 2.28. The Balaban J connectivity index is 1.65. The summed E-state index contributed by atoms with van der Waals surface area (Å²) in [4.78, 5) is 41.3. The number of hydrogen-bond donors (Lipinski definition) is 2. The lowest BCUT2D eigenvalue weighted by Gasteiger charge is -2.43. The molecule has 3 N–H and O–H groups in total. The van der Waals surface area contributed by atoms with Gasteiger partial charge >= 0.3 is 5.97 Å². The molecule has 1 heterocycles. The van der Waals surface area contributed by atoms with Gasteiger partial charge in [0.05, 0.1) is 0 Å². The van der Waals surface area contributed by atoms with Crippen molar-refractivity contribution in [3.8, 4) is 11.1 Å². The molecule has 2 aromatic carbocycles. The summed E-state index contributed by atoms with van der Waals surface area (Å²) in [5, 5.41) is 9.35. The van der Waals surface area contributed by atoms with E-state index in [4.69, 9.17) is 15.2 Å². The van der Waals surface area contributed by atoms with Crippen LogP contribution in [-0.4, -0.2) is 39.9 Å². The number of aryl methyl sites for hydroxylation is 1. The molecule has 0 bridgehead atoms. The quantitative estimate of drug-likeness (QED) is 0.427. The lowest BCUT2D eigenvalue weighted by molar-refractivity contribution is -0.136. The number of benzene rings is 2. The molecule has 206 valence electrons. The number of rotatable bonds is 10. The Bertz CT molecular complexity index is 1450. The number of carbonyl (C=O) groups is 3. The Hall–Kier alpha value is -4.59. The average Bonchev–Trinajstić information content (AvgIpc) is 3.80. The molecule has 1 atom stereocenters. The van der Waals surface area contributed by atoms with Gasteiger partial charge in [-0.25, -0.2) is 4.79 Å². The van der Waals surface area contributed by atoms with Crippen LogP contribution in [0.3, 0.4) is 0 Å². The van der Waals surface area contributed by atoms with Gasteiger partial charge in [0.25, 0.3) is 11.8 Å². The van der Waals surface area contributed by atoms with E-state index in [-0.39, 0.29) is 30.5 Å². The van der Waals surface area contributed by atoms with Crippen LogP contribution < -0.4 is 5.73 Å². The largest absolute Gasteiger partial charge is 0.475 e. The molecule has 1 unspecified atom stereocenters. The van der Waals surface area contributed by atoms with E-state index >= 15 is 0 Å². The van der Waals surface area contributed by atoms with Gasteiger partial charge in [-0.2, -0.15) is 0 Å². The number of primary amides is 1. The first-order valence-corrected chi connectivity index (χ1v) is 13.4. The molecule has 1 aliphatic heterocycles. The summed E-state index contributed by atoms with van der Waals surface area (Å²) in [5.74, 6) is -2.74. The van der Waals surface area contributed by atoms with Crippen LogP contribution in [0.2, 0.25) is 0 Å². The molecule has 2 amide bonds. The molecule has 2 aromatic rings. The lowest BCUT2D eigenvalue weighted by Crippen LogP contribution is -2.62. The van der Waals surface area contributed by atoms with Gasteiger partial charge in [-0.15, -0.1) is 0 Å². The van der Waals surface area contributed by atoms with E-state index in [0.29, 0.717) is 12.0 Å². The molecule has 1 saturated carbocycles. The van der Waals surface area contributed by atoms with Crippen LogP contribution in [0.4, 0.5) is 0 Å². The fourth-order valence-electron chi connectivity index (χ4n) is 5.14. The van der Waals surface area contributed by atoms with Gasteiger partial charge in [0.15, 0.2) is 11.3 Å². The highest BCUT2D eigenvalue weighted by molar-refractivity contribution is 6.04. The van der Waals surface area contributed by atoms with E-state index in [1.54, 1.807) is 12.1 Å². The molecule has 0 spiro atoms. The van der Waals surface area contributed by atoms with Crippen LogP contribution in [0.25, 0.3) is 11.1 Å². The number of hydrogen-bond acceptors (Lipinski definition) is 5. The topological polar surface area (TPSA) is 119 Å². The number of carbonyl (C=O) groups excluding carboxylic acids is 2. The van der Waals surface area contributed by atoms with Crippen LogP contribution in [0.15, 0.2) is 96.4 Å². The molecule has 3 aliphatic rings. The molecule has 0 aromatic heterocycles. The van der Waals surface area contributed by atoms with Crippen molar-refractivity contribution in [1.29, 1.82) is 0 Å². The summed E-state index contributed by atoms with van der Waals surface area (Å²) in [7, 11) is 0. The molecule has 1 fully saturated rings. The number of allylic oxidation sites excluding steroid dienone is 3. The molecule has 5 rings (SSSR count). The Morgan fingerprint density at radius 3 is 2.40 bits per heavy atom. The zero-order valence-electron chi connectivity index (χ0n) is 22.3. The predicted molar refractivity (Wildman–Crippen MR) is 149 cm³/mol. The summed E-state index contributed by atoms with van der Waals surface area (Å²) >= 11 is 0. The first-order chi connectivity index (χ1) is 19.3. The highest BCUT2D eigenvalue weighted by Gasteiger charge is 2.53. The van der Waals surface area contributed by atoms with Gasteiger partial charge in [0.2, 0.25) is 5.76 Å². The zero-order valence-corrected chi connectivity index (χ0v) is 22.3. The van der Waals surface area contributed by atoms with Gasteiger partial charge in [-0.3, -0.25) is 9.59 Å². The first kappa shape index (κ1) is 27.0. The number of nitrogens with two attached hydrogens (primary N) is 1. The Kier molecular flexibility index (Phi) is 7.60. The molecule has 40 heavy (non-hydrogen) atoms. The summed E-state index contributed by atoms with van der Waals surface area (Å²) < 4.78 is 11.1. The van der Waals surface area contributed by atoms with Crippen molar-refractivity contribution in [1.82, 2.24) is 4.90 Å². The highest BCUT2D eigenvalue weighted by Crippen LogP contribution is 2.42. The molecule has 0 radical (unpaired) electrons. The normalized spacial score (nSPS) is 17.8. The molecule has 0 saturated heterocycles. The second-order valence-electron chi connectivity index (χ2n) is 10.5. The minimum Gasteiger partial charge on any atom is -0.475 e. The SMILES string of the molecule is Cc1ccc(-c2ccccc2C(=O)N(CC2CC2)C(CC2=CC=CCC2)(C(N)=O)C2=COC(C(=O)O)=CO2)cc1. The van der Waals surface area contributed by atoms with Crippen molar-refractivity contribution >= 4 is 17.8 Å². The van der Waals surface area contributed by atoms with E-state index in [1.165, 1.54) is 4.90 Å². The van der Waals surface area contributed by atoms with Crippen molar-refractivity contribution in [3.05, 3.63) is 108 Å². The van der Waals surface area contributed by atoms with Crippen molar-refractivity contribution in [3.63, 3.8) is 0 Å². The number of ether oxygens (including phenoxy) is 2. The summed E-state index contributed by atoms with van der Waals surface area (Å²) in [6.07, 6.45) is 11.3. The van der Waals surface area contributed by atoms with Gasteiger partial charge < -0.3 is 25.2 Å². The van der Waals surface area contributed by atoms with E-state index in [1.807, 2.05) is 61.5 Å². The predicted octanol–water partition coefficient (Wildman–Crippen LogP) is 5.22. The first-order valence-electron chi connectivity index (χ1n) is 13.4. The maximum atomic E-state index is 14.6. The highest BCUT2D eigenvalue weighted by atomic mass is 16.6. The molecule has 2 aliphatic carbocycles. The number of aliphatic carboxylic acids is 1. The minimum atomic E-state index is -1.75. The Morgan fingerprint density at radius 2 is 1.80 bits per heavy atom. The molecule has 8 nitrogen and oxygen atoms in total. The van der Waals surface area contributed by atoms with Crippen molar-refractivity contribution in [2.75, 3.05) is 6.54 Å². The number of carboxylic acid groups (broad SMARTS) is 1. The van der Waals surface area contributed by atoms with Crippen molar-refractivity contribution in [2.45, 2.75) is 44.6 Å². The number of nitrogens with zero attached hydrogens (tertiary/aromatic N) is 1. The number of carboxylic acids is 1. The third-order valence-corrected chi connectivity index (χ3v) is 7.56. The van der Waals surface area contributed by atoms with E-state index < -0.39 is 23.2 Å². The second-order valence-corrected chi connectivity index (χ2v) is 10.5. The van der Waals surface area contributed by atoms with Crippen molar-refractivity contribution in [2.24, 2.45) is 11.7 Å². The molecule has 8 heteroatoms. The Morgan fingerprint density at radius 1 is 1.05 bits per heavy atom. The van der Waals surface area contributed by atoms with E-state index in [0.717, 1.165) is 54.1 Å². The fourth-order valence-corrected chi connectivity index (χ4v) is 5.14. The van der Waals surface area contributed by atoms with Crippen LogP contribution in [0.1, 0.15) is 48.0 Å². The second kappa shape index (κ2) is 11.3. The molecular formula is C32H32N2O6. The summed E-state index contributed by atoms with van der Waals surface area (Å²) in [5.41, 5.74) is 8.49. The average molecular weight is 541 g/mol. The third-order valence-electron chi connectivity index (χ3n) is 7.56. The van der Waals surface area contributed by atoms with Crippen LogP contribution >= 0.6 is 0 Å². The maximum absolute atomic E-state index is 14.6. The van der Waals surface area contributed by atoms with Gasteiger partial charge in [-0.1, -0.05) is 71.8 Å². The van der Waals surface area contributed by atoms with E-state index in [9.17, 15) is 19.5 Å². The smallest absolute Gasteiger partial charge is 0.375 e. The van der Waals surface area contributed by atoms with Crippen molar-refractivity contribution < 1.29 is 29.0 Å². The van der Waals surface area contributed by atoms with Crippen LogP contribution in [0.5, 0.6) is 0 Å². The monoisotopic (exact) mass is 540 g/mol. The zero-order chi connectivity index (χ0) is 28.3. The molecular weight excluding hydrogens is 508 g/mol. The van der Waals surface area contributed by atoms with Crippen LogP contribution in [0, 0.1) is 12.8 Å². The lowest BCUT2D eigenvalue weighted by atomic mass is 9.82. The Labute approximate surface area is 233 Å². The maximum Gasteiger partial charge on any atom is 0.375 e. The van der Waals surface area contributed by atoms with Gasteiger partial charge in [0, 0.05) is 18.5 Å². The third kappa shape index (κ3) is 5.43. The van der Waals surface area contributed by atoms with E-state index in [2.05, 4.69) is 0 Å². The van der Waals surface area contributed by atoms with Crippen LogP contribution in [-0.2, 0) is 19.1 Å². The minimum absolute atomic E-state index is 0.0257. The number of amides is 2. The fraction of sp³-hybridized carbons (Fsp3) is 0.281. The van der Waals surface area contributed by atoms with Gasteiger partial charge in [-0.05, 0) is 55.7 Å². The standard InChI is InChI=1S/C32H32N2O6/c1-21-11-15-24(16-12-21)25-9-5-6-10-26(25)29(35)34(18-23-13-14-23)32(31(33)38,17-22-7-3-2-4-8-22)28-20-39-27(19-40-28)30(36)37/h2-3,5-7,9-12,15-16,19-20,23H,4,8,13-14,17-18H2,1H3,(H2,33,38)(H,36,37).